The molecule has 2 aromatic heterocycles. The minimum atomic E-state index is -4.50. The van der Waals surface area contributed by atoms with Crippen molar-refractivity contribution in [3.63, 3.8) is 0 Å². The Bertz CT molecular complexity index is 1480. The second-order valence-electron chi connectivity index (χ2n) is 9.47. The number of amides is 2. The zero-order valence-electron chi connectivity index (χ0n) is 22.6. The highest BCUT2D eigenvalue weighted by atomic mass is 19.4. The third-order valence-electron chi connectivity index (χ3n) is 6.42. The van der Waals surface area contributed by atoms with Crippen LogP contribution in [0.3, 0.4) is 0 Å². The van der Waals surface area contributed by atoms with Crippen LogP contribution in [-0.4, -0.2) is 50.9 Å². The van der Waals surface area contributed by atoms with Crippen LogP contribution in [0.4, 0.5) is 13.2 Å². The van der Waals surface area contributed by atoms with Gasteiger partial charge in [-0.05, 0) is 48.4 Å². The van der Waals surface area contributed by atoms with Gasteiger partial charge in [0.1, 0.15) is 11.7 Å². The summed E-state index contributed by atoms with van der Waals surface area (Å²) in [4.78, 5) is 28.6. The Morgan fingerprint density at radius 3 is 2.37 bits per heavy atom. The van der Waals surface area contributed by atoms with Crippen LogP contribution in [0.25, 0.3) is 16.9 Å². The monoisotopic (exact) mass is 597 g/mol. The third-order valence-corrected chi connectivity index (χ3v) is 6.42. The number of nitrogens with one attached hydrogen (secondary N) is 1. The SMILES string of the molecule is C.NC(=O)[C@H](Cc1ccccc1)NC(=O)CCCOc1c(CCO)c(-c2cccnc2)nn1-c1ccc(C(F)(F)F)cc1. The Kier molecular flexibility index (Phi) is 11.4. The fourth-order valence-corrected chi connectivity index (χ4v) is 4.36. The summed E-state index contributed by atoms with van der Waals surface area (Å²) < 4.78 is 46.9. The molecule has 4 aromatic rings. The van der Waals surface area contributed by atoms with E-state index in [2.05, 4.69) is 15.4 Å². The van der Waals surface area contributed by atoms with Gasteiger partial charge in [-0.25, -0.2) is 4.68 Å². The summed E-state index contributed by atoms with van der Waals surface area (Å²) in [7, 11) is 0. The van der Waals surface area contributed by atoms with Gasteiger partial charge in [0, 0.05) is 49.4 Å². The van der Waals surface area contributed by atoms with E-state index in [1.165, 1.54) is 16.8 Å². The minimum Gasteiger partial charge on any atom is -0.477 e. The first-order valence-electron chi connectivity index (χ1n) is 13.2. The average molecular weight is 598 g/mol. The molecule has 0 aliphatic heterocycles. The predicted molar refractivity (Wildman–Crippen MR) is 155 cm³/mol. The molecular formula is C31H34F3N5O4. The number of carbonyl (C=O) groups is 2. The lowest BCUT2D eigenvalue weighted by Crippen LogP contribution is -2.45. The molecule has 0 bridgehead atoms. The van der Waals surface area contributed by atoms with Crippen molar-refractivity contribution in [3.05, 3.63) is 95.8 Å². The fourth-order valence-electron chi connectivity index (χ4n) is 4.36. The lowest BCUT2D eigenvalue weighted by atomic mass is 10.1. The molecule has 2 amide bonds. The van der Waals surface area contributed by atoms with Gasteiger partial charge in [-0.1, -0.05) is 37.8 Å². The van der Waals surface area contributed by atoms with Crippen LogP contribution in [0.15, 0.2) is 79.1 Å². The van der Waals surface area contributed by atoms with Crippen LogP contribution in [-0.2, 0) is 28.6 Å². The number of pyridine rings is 1. The first kappa shape index (κ1) is 32.8. The molecule has 2 heterocycles. The van der Waals surface area contributed by atoms with Crippen molar-refractivity contribution in [1.29, 1.82) is 0 Å². The number of nitrogens with two attached hydrogens (primary N) is 1. The van der Waals surface area contributed by atoms with E-state index in [0.717, 1.165) is 17.7 Å². The van der Waals surface area contributed by atoms with Gasteiger partial charge < -0.3 is 20.9 Å². The highest BCUT2D eigenvalue weighted by molar-refractivity contribution is 5.86. The molecule has 9 nitrogen and oxygen atoms in total. The van der Waals surface area contributed by atoms with Crippen LogP contribution in [0.1, 0.15) is 37.0 Å². The number of hydrogen-bond acceptors (Lipinski definition) is 6. The Morgan fingerprint density at radius 1 is 1.05 bits per heavy atom. The number of aliphatic hydroxyl groups excluding tert-OH is 1. The van der Waals surface area contributed by atoms with Crippen molar-refractivity contribution in [2.75, 3.05) is 13.2 Å². The van der Waals surface area contributed by atoms with Crippen molar-refractivity contribution in [3.8, 4) is 22.8 Å². The normalized spacial score (nSPS) is 11.8. The van der Waals surface area contributed by atoms with Gasteiger partial charge in [0.25, 0.3) is 0 Å². The van der Waals surface area contributed by atoms with E-state index in [4.69, 9.17) is 10.5 Å². The average Bonchev–Trinajstić information content (AvgIpc) is 3.33. The smallest absolute Gasteiger partial charge is 0.416 e. The van der Waals surface area contributed by atoms with E-state index in [9.17, 15) is 27.9 Å². The molecule has 4 rings (SSSR count). The Hall–Kier alpha value is -4.71. The van der Waals surface area contributed by atoms with E-state index in [1.807, 2.05) is 30.3 Å². The summed E-state index contributed by atoms with van der Waals surface area (Å²) in [5, 5.41) is 17.0. The summed E-state index contributed by atoms with van der Waals surface area (Å²) >= 11 is 0. The molecule has 0 unspecified atom stereocenters. The van der Waals surface area contributed by atoms with Crippen LogP contribution in [0.2, 0.25) is 0 Å². The molecule has 0 saturated carbocycles. The second-order valence-corrected chi connectivity index (χ2v) is 9.47. The summed E-state index contributed by atoms with van der Waals surface area (Å²) in [6, 6.07) is 16.2. The molecular weight excluding hydrogens is 563 g/mol. The number of primary amides is 1. The maximum atomic E-state index is 13.2. The molecule has 228 valence electrons. The van der Waals surface area contributed by atoms with Crippen molar-refractivity contribution in [2.24, 2.45) is 5.73 Å². The zero-order chi connectivity index (χ0) is 30.1. The Morgan fingerprint density at radius 2 is 1.77 bits per heavy atom. The van der Waals surface area contributed by atoms with Gasteiger partial charge in [-0.2, -0.15) is 18.3 Å². The molecule has 0 spiro atoms. The number of aromatic nitrogens is 3. The van der Waals surface area contributed by atoms with Crippen LogP contribution in [0, 0.1) is 0 Å². The summed E-state index contributed by atoms with van der Waals surface area (Å²) in [6.07, 6.45) is -0.640. The van der Waals surface area contributed by atoms with Crippen molar-refractivity contribution in [1.82, 2.24) is 20.1 Å². The first-order chi connectivity index (χ1) is 20.2. The number of halogens is 3. The van der Waals surface area contributed by atoms with E-state index in [-0.39, 0.29) is 58.1 Å². The van der Waals surface area contributed by atoms with Crippen molar-refractivity contribution < 1.29 is 32.6 Å². The zero-order valence-corrected chi connectivity index (χ0v) is 22.6. The molecule has 12 heteroatoms. The van der Waals surface area contributed by atoms with E-state index in [1.54, 1.807) is 24.5 Å². The summed E-state index contributed by atoms with van der Waals surface area (Å²) in [5.74, 6) is -0.816. The summed E-state index contributed by atoms with van der Waals surface area (Å²) in [6.45, 7) is -0.189. The number of ether oxygens (including phenoxy) is 1. The van der Waals surface area contributed by atoms with Gasteiger partial charge in [-0.3, -0.25) is 14.6 Å². The van der Waals surface area contributed by atoms with Crippen LogP contribution < -0.4 is 15.8 Å². The van der Waals surface area contributed by atoms with E-state index < -0.39 is 23.7 Å². The molecule has 1 atom stereocenters. The number of nitrogens with zero attached hydrogens (tertiary/aromatic N) is 3. The Balaban J connectivity index is 0.00000506. The molecule has 2 aromatic carbocycles. The topological polar surface area (TPSA) is 132 Å². The van der Waals surface area contributed by atoms with Crippen molar-refractivity contribution in [2.45, 2.75) is 45.3 Å². The maximum Gasteiger partial charge on any atom is 0.416 e. The maximum absolute atomic E-state index is 13.2. The molecule has 0 radical (unpaired) electrons. The van der Waals surface area contributed by atoms with E-state index in [0.29, 0.717) is 22.5 Å². The standard InChI is InChI=1S/C30H30F3N5O4.CH4/c31-30(32,33)22-10-12-23(13-11-22)38-29(24(14-16-39)27(37-38)21-8-4-15-35-19-21)42-17-5-9-26(40)36-25(28(34)41)18-20-6-2-1-3-7-20;/h1-4,6-8,10-13,15,19,25,39H,5,9,14,16-18H2,(H2,34,41)(H,36,40);1H4/t25-;/m0./s1. The number of benzene rings is 2. The van der Waals surface area contributed by atoms with E-state index >= 15 is 0 Å². The number of rotatable bonds is 13. The van der Waals surface area contributed by atoms with Gasteiger partial charge in [0.2, 0.25) is 17.7 Å². The van der Waals surface area contributed by atoms with Crippen LogP contribution >= 0.6 is 0 Å². The van der Waals surface area contributed by atoms with Gasteiger partial charge >= 0.3 is 6.18 Å². The minimum absolute atomic E-state index is 0. The quantitative estimate of drug-likeness (QED) is 0.195. The number of alkyl halides is 3. The molecule has 0 saturated heterocycles. The molecule has 0 aliphatic rings. The first-order valence-corrected chi connectivity index (χ1v) is 13.2. The largest absolute Gasteiger partial charge is 0.477 e. The van der Waals surface area contributed by atoms with Gasteiger partial charge in [-0.15, -0.1) is 0 Å². The Labute approximate surface area is 247 Å². The lowest BCUT2D eigenvalue weighted by Gasteiger charge is -2.16. The fraction of sp³-hybridized carbons (Fsp3) is 0.290. The highest BCUT2D eigenvalue weighted by Crippen LogP contribution is 2.35. The third kappa shape index (κ3) is 8.65. The van der Waals surface area contributed by atoms with Gasteiger partial charge in [0.05, 0.1) is 17.9 Å². The van der Waals surface area contributed by atoms with Gasteiger partial charge in [0.15, 0.2) is 0 Å². The molecule has 43 heavy (non-hydrogen) atoms. The number of aliphatic hydroxyl groups is 1. The summed E-state index contributed by atoms with van der Waals surface area (Å²) in [5.41, 5.74) is 7.46. The molecule has 0 aliphatic carbocycles. The molecule has 4 N–H and O–H groups in total. The number of hydrogen-bond donors (Lipinski definition) is 3. The molecule has 0 fully saturated rings. The lowest BCUT2D eigenvalue weighted by molar-refractivity contribution is -0.137. The second kappa shape index (κ2) is 15.0. The number of carbonyl (C=O) groups excluding carboxylic acids is 2. The highest BCUT2D eigenvalue weighted by Gasteiger charge is 2.30. The predicted octanol–water partition coefficient (Wildman–Crippen LogP) is 4.50. The van der Waals surface area contributed by atoms with Crippen molar-refractivity contribution >= 4 is 11.8 Å². The van der Waals surface area contributed by atoms with Crippen LogP contribution in [0.5, 0.6) is 5.88 Å².